The maximum atomic E-state index is 11.6. The van der Waals surface area contributed by atoms with Crippen LogP contribution < -0.4 is 5.43 Å². The largest absolute Gasteiger partial charge is 0.459 e. The van der Waals surface area contributed by atoms with E-state index in [2.05, 4.69) is 10.5 Å². The molecule has 0 aliphatic rings. The van der Waals surface area contributed by atoms with Crippen LogP contribution in [0.1, 0.15) is 23.0 Å². The van der Waals surface area contributed by atoms with Gasteiger partial charge in [-0.1, -0.05) is 29.3 Å². The molecule has 19 heavy (non-hydrogen) atoms. The van der Waals surface area contributed by atoms with E-state index in [1.54, 1.807) is 37.3 Å². The van der Waals surface area contributed by atoms with Crippen molar-refractivity contribution in [2.24, 2.45) is 5.10 Å². The van der Waals surface area contributed by atoms with Crippen LogP contribution in [-0.2, 0) is 0 Å². The zero-order valence-corrected chi connectivity index (χ0v) is 11.5. The molecule has 4 nitrogen and oxygen atoms in total. The summed E-state index contributed by atoms with van der Waals surface area (Å²) in [5.74, 6) is -0.213. The van der Waals surface area contributed by atoms with Crippen molar-refractivity contribution >= 4 is 34.8 Å². The van der Waals surface area contributed by atoms with E-state index in [0.717, 1.165) is 5.56 Å². The lowest BCUT2D eigenvalue weighted by Gasteiger charge is -2.03. The van der Waals surface area contributed by atoms with Crippen LogP contribution >= 0.6 is 23.2 Å². The summed E-state index contributed by atoms with van der Waals surface area (Å²) >= 11 is 11.7. The van der Waals surface area contributed by atoms with Crippen molar-refractivity contribution in [3.05, 3.63) is 58.0 Å². The molecular formula is C13H10Cl2N2O2. The van der Waals surface area contributed by atoms with E-state index in [-0.39, 0.29) is 5.76 Å². The molecule has 0 aliphatic heterocycles. The maximum absolute atomic E-state index is 11.6. The molecule has 0 unspecified atom stereocenters. The highest BCUT2D eigenvalue weighted by atomic mass is 35.5. The molecule has 0 fully saturated rings. The zero-order valence-electron chi connectivity index (χ0n) is 9.98. The van der Waals surface area contributed by atoms with Crippen LogP contribution in [0.25, 0.3) is 0 Å². The monoisotopic (exact) mass is 296 g/mol. The minimum absolute atomic E-state index is 0.200. The quantitative estimate of drug-likeness (QED) is 0.693. The first kappa shape index (κ1) is 13.6. The van der Waals surface area contributed by atoms with Gasteiger partial charge in [-0.05, 0) is 36.8 Å². The Bertz CT molecular complexity index is 622. The molecule has 1 aromatic carbocycles. The van der Waals surface area contributed by atoms with Crippen LogP contribution in [0.5, 0.6) is 0 Å². The van der Waals surface area contributed by atoms with Gasteiger partial charge in [-0.25, -0.2) is 5.43 Å². The smallest absolute Gasteiger partial charge is 0.307 e. The Balaban J connectivity index is 2.10. The van der Waals surface area contributed by atoms with Crippen LogP contribution in [0.4, 0.5) is 0 Å². The Morgan fingerprint density at radius 1 is 1.26 bits per heavy atom. The Morgan fingerprint density at radius 2 is 2.05 bits per heavy atom. The van der Waals surface area contributed by atoms with Gasteiger partial charge >= 0.3 is 5.91 Å². The first-order chi connectivity index (χ1) is 9.08. The summed E-state index contributed by atoms with van der Waals surface area (Å²) < 4.78 is 4.95. The van der Waals surface area contributed by atoms with Crippen LogP contribution in [0.2, 0.25) is 10.0 Å². The van der Waals surface area contributed by atoms with Crippen molar-refractivity contribution in [1.82, 2.24) is 5.43 Å². The molecule has 0 aliphatic carbocycles. The third kappa shape index (κ3) is 3.36. The van der Waals surface area contributed by atoms with Gasteiger partial charge < -0.3 is 4.42 Å². The Kier molecular flexibility index (Phi) is 4.24. The molecule has 0 saturated heterocycles. The third-order valence-electron chi connectivity index (χ3n) is 2.41. The van der Waals surface area contributed by atoms with E-state index in [0.29, 0.717) is 15.8 Å². The van der Waals surface area contributed by atoms with Gasteiger partial charge in [0.1, 0.15) is 0 Å². The van der Waals surface area contributed by atoms with Crippen LogP contribution in [0.15, 0.2) is 46.1 Å². The van der Waals surface area contributed by atoms with Crippen molar-refractivity contribution in [3.8, 4) is 0 Å². The molecule has 2 rings (SSSR count). The molecule has 1 aromatic heterocycles. The lowest BCUT2D eigenvalue weighted by molar-refractivity contribution is 0.0927. The molecule has 2 aromatic rings. The molecular weight excluding hydrogens is 287 g/mol. The number of hydrazone groups is 1. The van der Waals surface area contributed by atoms with E-state index < -0.39 is 5.91 Å². The van der Waals surface area contributed by atoms with Crippen molar-refractivity contribution in [3.63, 3.8) is 0 Å². The summed E-state index contributed by atoms with van der Waals surface area (Å²) in [5.41, 5.74) is 3.78. The second kappa shape index (κ2) is 5.91. The lowest BCUT2D eigenvalue weighted by Crippen LogP contribution is -2.18. The van der Waals surface area contributed by atoms with Gasteiger partial charge in [0.25, 0.3) is 0 Å². The van der Waals surface area contributed by atoms with E-state index in [4.69, 9.17) is 27.6 Å². The fourth-order valence-corrected chi connectivity index (χ4v) is 1.68. The van der Waals surface area contributed by atoms with Crippen molar-refractivity contribution < 1.29 is 9.21 Å². The summed E-state index contributed by atoms with van der Waals surface area (Å²) in [6.45, 7) is 1.75. The van der Waals surface area contributed by atoms with Gasteiger partial charge in [-0.3, -0.25) is 4.79 Å². The number of nitrogens with zero attached hydrogens (tertiary/aromatic N) is 1. The number of carbonyl (C=O) groups excluding carboxylic acids is 1. The molecule has 0 radical (unpaired) electrons. The van der Waals surface area contributed by atoms with E-state index in [9.17, 15) is 4.79 Å². The van der Waals surface area contributed by atoms with Gasteiger partial charge in [0.2, 0.25) is 0 Å². The normalized spacial score (nSPS) is 11.4. The average molecular weight is 297 g/mol. The standard InChI is InChI=1S/C13H10Cl2N2O2/c1-8(9-4-5-10(14)11(15)7-9)16-17-13(18)12-3-2-6-19-12/h2-7H,1H3,(H,17,18)/b16-8+. The molecule has 0 atom stereocenters. The summed E-state index contributed by atoms with van der Waals surface area (Å²) in [5, 5.41) is 4.88. The topological polar surface area (TPSA) is 54.6 Å². The highest BCUT2D eigenvalue weighted by Crippen LogP contribution is 2.22. The summed E-state index contributed by atoms with van der Waals surface area (Å²) in [7, 11) is 0. The number of nitrogens with one attached hydrogen (secondary N) is 1. The van der Waals surface area contributed by atoms with Crippen LogP contribution in [0, 0.1) is 0 Å². The molecule has 1 N–H and O–H groups in total. The Morgan fingerprint density at radius 3 is 2.68 bits per heavy atom. The summed E-state index contributed by atoms with van der Waals surface area (Å²) in [6, 6.07) is 8.31. The average Bonchev–Trinajstić information content (AvgIpc) is 2.92. The van der Waals surface area contributed by atoms with Crippen LogP contribution in [-0.4, -0.2) is 11.6 Å². The number of amides is 1. The van der Waals surface area contributed by atoms with Gasteiger partial charge in [-0.15, -0.1) is 0 Å². The SMILES string of the molecule is C/C(=N\NC(=O)c1ccco1)c1ccc(Cl)c(Cl)c1. The summed E-state index contributed by atoms with van der Waals surface area (Å²) in [6.07, 6.45) is 1.42. The maximum Gasteiger partial charge on any atom is 0.307 e. The van der Waals surface area contributed by atoms with Crippen molar-refractivity contribution in [2.75, 3.05) is 0 Å². The van der Waals surface area contributed by atoms with Crippen molar-refractivity contribution in [2.45, 2.75) is 6.92 Å². The van der Waals surface area contributed by atoms with Gasteiger partial charge in [-0.2, -0.15) is 5.10 Å². The third-order valence-corrected chi connectivity index (χ3v) is 3.15. The van der Waals surface area contributed by atoms with Crippen LogP contribution in [0.3, 0.4) is 0 Å². The molecule has 1 amide bonds. The molecule has 0 spiro atoms. The number of hydrogen-bond donors (Lipinski definition) is 1. The molecule has 0 saturated carbocycles. The highest BCUT2D eigenvalue weighted by molar-refractivity contribution is 6.42. The number of rotatable bonds is 3. The van der Waals surface area contributed by atoms with Gasteiger partial charge in [0, 0.05) is 0 Å². The first-order valence-corrected chi connectivity index (χ1v) is 6.17. The number of benzene rings is 1. The lowest BCUT2D eigenvalue weighted by atomic mass is 10.1. The fraction of sp³-hybridized carbons (Fsp3) is 0.0769. The molecule has 98 valence electrons. The Hall–Kier alpha value is -1.78. The predicted octanol–water partition coefficient (Wildman–Crippen LogP) is 3.74. The number of furan rings is 1. The van der Waals surface area contributed by atoms with Gasteiger partial charge in [0.05, 0.1) is 22.0 Å². The number of halogens is 2. The predicted molar refractivity (Wildman–Crippen MR) is 74.8 cm³/mol. The van der Waals surface area contributed by atoms with E-state index >= 15 is 0 Å². The van der Waals surface area contributed by atoms with E-state index in [1.807, 2.05) is 0 Å². The van der Waals surface area contributed by atoms with Gasteiger partial charge in [0.15, 0.2) is 5.76 Å². The minimum atomic E-state index is -0.413. The molecule has 6 heteroatoms. The number of carbonyl (C=O) groups is 1. The second-order valence-corrected chi connectivity index (χ2v) is 4.56. The van der Waals surface area contributed by atoms with Crippen molar-refractivity contribution in [1.29, 1.82) is 0 Å². The minimum Gasteiger partial charge on any atom is -0.459 e. The first-order valence-electron chi connectivity index (χ1n) is 5.41. The second-order valence-electron chi connectivity index (χ2n) is 3.74. The Labute approximate surface area is 120 Å². The zero-order chi connectivity index (χ0) is 13.8. The highest BCUT2D eigenvalue weighted by Gasteiger charge is 2.07. The molecule has 1 heterocycles. The summed E-state index contributed by atoms with van der Waals surface area (Å²) in [4.78, 5) is 11.6. The van der Waals surface area contributed by atoms with E-state index in [1.165, 1.54) is 6.26 Å². The fourth-order valence-electron chi connectivity index (χ4n) is 1.38. The molecule has 0 bridgehead atoms. The number of hydrogen-bond acceptors (Lipinski definition) is 3.